The van der Waals surface area contributed by atoms with Crippen molar-refractivity contribution in [2.24, 2.45) is 0 Å². The Morgan fingerprint density at radius 2 is 1.38 bits per heavy atom. The van der Waals surface area contributed by atoms with Gasteiger partial charge in [0.2, 0.25) is 0 Å². The van der Waals surface area contributed by atoms with Gasteiger partial charge in [-0.1, -0.05) is 53.7 Å². The smallest absolute Gasteiger partial charge is 0.160 e. The van der Waals surface area contributed by atoms with E-state index in [0.717, 1.165) is 17.1 Å². The van der Waals surface area contributed by atoms with E-state index in [4.69, 9.17) is 0 Å². The van der Waals surface area contributed by atoms with Crippen LogP contribution in [0.15, 0.2) is 48.9 Å². The molecule has 4 heterocycles. The molecule has 0 atom stereocenters. The van der Waals surface area contributed by atoms with Crippen molar-refractivity contribution in [1.82, 2.24) is 29.2 Å². The van der Waals surface area contributed by atoms with Gasteiger partial charge in [0.05, 0.1) is 0 Å². The largest absolute Gasteiger partial charge is 0.286 e. The highest BCUT2D eigenvalue weighted by molar-refractivity contribution is 5.39. The van der Waals surface area contributed by atoms with Crippen LogP contribution in [0.4, 0.5) is 0 Å². The lowest BCUT2D eigenvalue weighted by Crippen LogP contribution is -2.15. The van der Waals surface area contributed by atoms with E-state index in [-0.39, 0.29) is 10.8 Å². The fourth-order valence-corrected chi connectivity index (χ4v) is 2.81. The van der Waals surface area contributed by atoms with Gasteiger partial charge in [0.1, 0.15) is 12.2 Å². The monoisotopic (exact) mass is 350 g/mol. The summed E-state index contributed by atoms with van der Waals surface area (Å²) >= 11 is 0. The fraction of sp³-hybridized carbons (Fsp3) is 0.400. The summed E-state index contributed by atoms with van der Waals surface area (Å²) in [6.07, 6.45) is 3.76. The predicted molar refractivity (Wildman–Crippen MR) is 103 cm³/mol. The van der Waals surface area contributed by atoms with Gasteiger partial charge in [-0.2, -0.15) is 0 Å². The number of pyridine rings is 2. The molecule has 0 saturated heterocycles. The van der Waals surface area contributed by atoms with Crippen molar-refractivity contribution in [2.75, 3.05) is 0 Å². The van der Waals surface area contributed by atoms with E-state index in [9.17, 15) is 0 Å². The van der Waals surface area contributed by atoms with Crippen molar-refractivity contribution in [3.05, 3.63) is 60.4 Å². The van der Waals surface area contributed by atoms with E-state index >= 15 is 0 Å². The van der Waals surface area contributed by atoms with Gasteiger partial charge in [-0.15, -0.1) is 20.4 Å². The fourth-order valence-electron chi connectivity index (χ4n) is 2.81. The third-order valence-electron chi connectivity index (χ3n) is 4.09. The van der Waals surface area contributed by atoms with Crippen molar-refractivity contribution in [1.29, 1.82) is 0 Å². The van der Waals surface area contributed by atoms with E-state index < -0.39 is 0 Å². The van der Waals surface area contributed by atoms with Crippen LogP contribution < -0.4 is 0 Å². The first-order valence-corrected chi connectivity index (χ1v) is 8.77. The maximum Gasteiger partial charge on any atom is 0.160 e. The van der Waals surface area contributed by atoms with Gasteiger partial charge < -0.3 is 0 Å². The Morgan fingerprint density at radius 3 is 2.08 bits per heavy atom. The Bertz CT molecular complexity index is 1010. The van der Waals surface area contributed by atoms with E-state index in [0.29, 0.717) is 0 Å². The highest BCUT2D eigenvalue weighted by atomic mass is 15.3. The molecule has 0 aliphatic carbocycles. The van der Waals surface area contributed by atoms with Gasteiger partial charge in [0.15, 0.2) is 11.3 Å². The molecule has 0 aromatic carbocycles. The normalized spacial score (nSPS) is 12.2. The summed E-state index contributed by atoms with van der Waals surface area (Å²) in [7, 11) is 0. The topological polar surface area (TPSA) is 60.4 Å². The molecule has 0 saturated carbocycles. The zero-order valence-corrected chi connectivity index (χ0v) is 16.3. The first-order valence-electron chi connectivity index (χ1n) is 8.77. The molecule has 6 heteroatoms. The molecule has 0 fully saturated rings. The summed E-state index contributed by atoms with van der Waals surface area (Å²) < 4.78 is 4.06. The molecular formula is C20H26N6. The van der Waals surface area contributed by atoms with Gasteiger partial charge >= 0.3 is 0 Å². The average molecular weight is 350 g/mol. The minimum Gasteiger partial charge on any atom is -0.286 e. The summed E-state index contributed by atoms with van der Waals surface area (Å²) in [6, 6.07) is 12.0. The van der Waals surface area contributed by atoms with Gasteiger partial charge in [0, 0.05) is 22.7 Å². The lowest BCUT2D eigenvalue weighted by molar-refractivity contribution is 0.539. The van der Waals surface area contributed by atoms with Gasteiger partial charge in [0.25, 0.3) is 0 Å². The van der Waals surface area contributed by atoms with Crippen molar-refractivity contribution in [3.63, 3.8) is 0 Å². The third-order valence-corrected chi connectivity index (χ3v) is 4.09. The second kappa shape index (κ2) is 6.52. The first kappa shape index (κ1) is 18.0. The minimum atomic E-state index is 0.0424. The summed E-state index contributed by atoms with van der Waals surface area (Å²) in [5.74, 6) is 1.00. The second-order valence-electron chi connectivity index (χ2n) is 8.42. The van der Waals surface area contributed by atoms with E-state index in [1.54, 1.807) is 6.33 Å². The van der Waals surface area contributed by atoms with E-state index in [2.05, 4.69) is 68.0 Å². The quantitative estimate of drug-likeness (QED) is 0.480. The molecule has 0 aliphatic heterocycles. The Labute approximate surface area is 153 Å². The van der Waals surface area contributed by atoms with Crippen LogP contribution >= 0.6 is 0 Å². The Morgan fingerprint density at radius 1 is 0.692 bits per heavy atom. The summed E-state index contributed by atoms with van der Waals surface area (Å²) in [5.41, 5.74) is 3.22. The molecule has 4 aromatic heterocycles. The van der Waals surface area contributed by atoms with Crippen molar-refractivity contribution in [2.45, 2.75) is 52.4 Å². The van der Waals surface area contributed by atoms with Crippen molar-refractivity contribution < 1.29 is 0 Å². The molecule has 0 unspecified atom stereocenters. The molecule has 136 valence electrons. The molecule has 0 bridgehead atoms. The van der Waals surface area contributed by atoms with Crippen LogP contribution in [0.2, 0.25) is 0 Å². The Balaban J connectivity index is 0.000000151. The maximum atomic E-state index is 4.18. The minimum absolute atomic E-state index is 0.0424. The number of aromatic nitrogens is 6. The molecule has 0 N–H and O–H groups in total. The van der Waals surface area contributed by atoms with Crippen LogP contribution in [0.5, 0.6) is 0 Å². The Hall–Kier alpha value is -2.76. The SMILES string of the molecule is CC(C)(C)c1cccc2nncn12.CC(C)(C)c1nnc2ccccn12. The zero-order chi connectivity index (χ0) is 18.9. The van der Waals surface area contributed by atoms with Gasteiger partial charge in [-0.3, -0.25) is 8.80 Å². The lowest BCUT2D eigenvalue weighted by atomic mass is 9.91. The van der Waals surface area contributed by atoms with E-state index in [1.165, 1.54) is 5.69 Å². The zero-order valence-electron chi connectivity index (χ0n) is 16.3. The molecule has 4 aromatic rings. The third kappa shape index (κ3) is 3.59. The first-order chi connectivity index (χ1) is 12.2. The maximum absolute atomic E-state index is 4.18. The van der Waals surface area contributed by atoms with Crippen LogP contribution in [-0.4, -0.2) is 29.2 Å². The molecule has 0 aliphatic rings. The van der Waals surface area contributed by atoms with Crippen LogP contribution in [0.3, 0.4) is 0 Å². The summed E-state index contributed by atoms with van der Waals surface area (Å²) in [6.45, 7) is 13.0. The average Bonchev–Trinajstić information content (AvgIpc) is 3.20. The molecule has 26 heavy (non-hydrogen) atoms. The molecule has 0 amide bonds. The number of rotatable bonds is 0. The van der Waals surface area contributed by atoms with Gasteiger partial charge in [-0.25, -0.2) is 0 Å². The lowest BCUT2D eigenvalue weighted by Gasteiger charge is -2.19. The second-order valence-corrected chi connectivity index (χ2v) is 8.42. The standard InChI is InChI=1S/2C10H13N3/c1-10(2,3)8-5-4-6-9-12-11-7-13(8)9;1-10(2,3)9-12-11-8-6-4-5-7-13(8)9/h2*4-7H,1-3H3. The number of nitrogens with zero attached hydrogens (tertiary/aromatic N) is 6. The summed E-state index contributed by atoms with van der Waals surface area (Å²) in [4.78, 5) is 0. The predicted octanol–water partition coefficient (Wildman–Crippen LogP) is 4.05. The molecule has 0 spiro atoms. The molecule has 4 rings (SSSR count). The Kier molecular flexibility index (Phi) is 4.52. The van der Waals surface area contributed by atoms with E-state index in [1.807, 2.05) is 45.3 Å². The molecule has 6 nitrogen and oxygen atoms in total. The van der Waals surface area contributed by atoms with Crippen LogP contribution in [-0.2, 0) is 10.8 Å². The molecular weight excluding hydrogens is 324 g/mol. The van der Waals surface area contributed by atoms with Gasteiger partial charge in [-0.05, 0) is 24.3 Å². The van der Waals surface area contributed by atoms with Crippen molar-refractivity contribution >= 4 is 11.3 Å². The van der Waals surface area contributed by atoms with Crippen molar-refractivity contribution in [3.8, 4) is 0 Å². The molecule has 0 radical (unpaired) electrons. The van der Waals surface area contributed by atoms with Crippen LogP contribution in [0.25, 0.3) is 11.3 Å². The number of hydrogen-bond acceptors (Lipinski definition) is 4. The van der Waals surface area contributed by atoms with Crippen LogP contribution in [0, 0.1) is 0 Å². The highest BCUT2D eigenvalue weighted by Crippen LogP contribution is 2.22. The summed E-state index contributed by atoms with van der Waals surface area (Å²) in [5, 5.41) is 16.2. The van der Waals surface area contributed by atoms with Crippen LogP contribution in [0.1, 0.15) is 53.1 Å². The number of fused-ring (bicyclic) bond motifs is 2. The highest BCUT2D eigenvalue weighted by Gasteiger charge is 2.20. The number of hydrogen-bond donors (Lipinski definition) is 0.